The molecule has 6 heteroatoms. The molecule has 0 fully saturated rings. The van der Waals surface area contributed by atoms with Crippen LogP contribution in [-0.2, 0) is 14.3 Å². The van der Waals surface area contributed by atoms with Crippen LogP contribution in [0.2, 0.25) is 0 Å². The fourth-order valence-electron chi connectivity index (χ4n) is 1.30. The van der Waals surface area contributed by atoms with Gasteiger partial charge in [0.1, 0.15) is 6.04 Å². The first-order valence-corrected chi connectivity index (χ1v) is 5.58. The predicted molar refractivity (Wildman–Crippen MR) is 65.9 cm³/mol. The summed E-state index contributed by atoms with van der Waals surface area (Å²) in [6, 6.07) is 8.14. The Hall–Kier alpha value is -2.08. The Kier molecular flexibility index (Phi) is 5.66. The van der Waals surface area contributed by atoms with E-state index < -0.39 is 18.0 Å². The maximum Gasteiger partial charge on any atom is 0.325 e. The number of aliphatic carboxylic acids is 1. The molecule has 0 heterocycles. The van der Waals surface area contributed by atoms with Crippen molar-refractivity contribution in [3.63, 3.8) is 0 Å². The molecule has 98 valence electrons. The lowest BCUT2D eigenvalue weighted by Crippen LogP contribution is -2.43. The number of hydrazine groups is 1. The van der Waals surface area contributed by atoms with Gasteiger partial charge in [0.15, 0.2) is 0 Å². The SMILES string of the molecule is CCOC(=O)[C@H](CC(=O)O)NNc1ccccc1. The molecule has 0 aliphatic rings. The third-order valence-electron chi connectivity index (χ3n) is 2.11. The molecule has 6 nitrogen and oxygen atoms in total. The molecule has 1 atom stereocenters. The number of anilines is 1. The zero-order valence-corrected chi connectivity index (χ0v) is 10.1. The minimum Gasteiger partial charge on any atom is -0.481 e. The highest BCUT2D eigenvalue weighted by Gasteiger charge is 2.22. The van der Waals surface area contributed by atoms with Gasteiger partial charge < -0.3 is 15.3 Å². The molecule has 0 bridgehead atoms. The fourth-order valence-corrected chi connectivity index (χ4v) is 1.30. The second kappa shape index (κ2) is 7.29. The molecule has 0 aromatic heterocycles. The van der Waals surface area contributed by atoms with Gasteiger partial charge in [-0.1, -0.05) is 18.2 Å². The summed E-state index contributed by atoms with van der Waals surface area (Å²) in [6.45, 7) is 1.88. The molecular weight excluding hydrogens is 236 g/mol. The topological polar surface area (TPSA) is 87.7 Å². The number of hydrogen-bond donors (Lipinski definition) is 3. The highest BCUT2D eigenvalue weighted by molar-refractivity contribution is 5.82. The van der Waals surface area contributed by atoms with E-state index in [1.54, 1.807) is 19.1 Å². The van der Waals surface area contributed by atoms with E-state index in [9.17, 15) is 9.59 Å². The number of esters is 1. The number of rotatable bonds is 7. The van der Waals surface area contributed by atoms with Crippen LogP contribution >= 0.6 is 0 Å². The Balaban J connectivity index is 2.55. The Morgan fingerprint density at radius 2 is 2.00 bits per heavy atom. The zero-order valence-electron chi connectivity index (χ0n) is 10.1. The van der Waals surface area contributed by atoms with E-state index in [1.807, 2.05) is 18.2 Å². The highest BCUT2D eigenvalue weighted by atomic mass is 16.5. The van der Waals surface area contributed by atoms with Crippen molar-refractivity contribution >= 4 is 17.6 Å². The van der Waals surface area contributed by atoms with Crippen LogP contribution in [0.25, 0.3) is 0 Å². The highest BCUT2D eigenvalue weighted by Crippen LogP contribution is 2.04. The van der Waals surface area contributed by atoms with Gasteiger partial charge in [-0.3, -0.25) is 9.59 Å². The van der Waals surface area contributed by atoms with Crippen molar-refractivity contribution in [3.8, 4) is 0 Å². The Morgan fingerprint density at radius 1 is 1.33 bits per heavy atom. The Morgan fingerprint density at radius 3 is 2.56 bits per heavy atom. The van der Waals surface area contributed by atoms with Gasteiger partial charge in [0.25, 0.3) is 0 Å². The van der Waals surface area contributed by atoms with E-state index in [4.69, 9.17) is 9.84 Å². The van der Waals surface area contributed by atoms with E-state index in [1.165, 1.54) is 0 Å². The van der Waals surface area contributed by atoms with E-state index in [2.05, 4.69) is 10.9 Å². The van der Waals surface area contributed by atoms with Crippen molar-refractivity contribution < 1.29 is 19.4 Å². The zero-order chi connectivity index (χ0) is 13.4. The summed E-state index contributed by atoms with van der Waals surface area (Å²) in [7, 11) is 0. The van der Waals surface area contributed by atoms with Crippen LogP contribution in [-0.4, -0.2) is 29.7 Å². The largest absolute Gasteiger partial charge is 0.481 e. The van der Waals surface area contributed by atoms with Crippen molar-refractivity contribution in [3.05, 3.63) is 30.3 Å². The maximum atomic E-state index is 11.5. The molecule has 0 radical (unpaired) electrons. The van der Waals surface area contributed by atoms with Crippen LogP contribution < -0.4 is 10.9 Å². The van der Waals surface area contributed by atoms with Gasteiger partial charge in [0.05, 0.1) is 13.0 Å². The first-order valence-electron chi connectivity index (χ1n) is 5.58. The van der Waals surface area contributed by atoms with Crippen molar-refractivity contribution in [2.24, 2.45) is 0 Å². The number of benzene rings is 1. The molecule has 0 aliphatic carbocycles. The minimum absolute atomic E-state index is 0.210. The van der Waals surface area contributed by atoms with E-state index in [-0.39, 0.29) is 13.0 Å². The summed E-state index contributed by atoms with van der Waals surface area (Å²) in [5.74, 6) is -1.67. The summed E-state index contributed by atoms with van der Waals surface area (Å²) in [5.41, 5.74) is 6.16. The first-order chi connectivity index (χ1) is 8.63. The molecule has 1 aromatic rings. The Bertz CT molecular complexity index is 394. The lowest BCUT2D eigenvalue weighted by Gasteiger charge is -2.16. The molecule has 0 saturated carbocycles. The molecular formula is C12H16N2O4. The number of ether oxygens (including phenoxy) is 1. The van der Waals surface area contributed by atoms with Crippen LogP contribution in [0.4, 0.5) is 5.69 Å². The van der Waals surface area contributed by atoms with Crippen LogP contribution in [0.5, 0.6) is 0 Å². The van der Waals surface area contributed by atoms with Gasteiger partial charge >= 0.3 is 11.9 Å². The quantitative estimate of drug-likeness (QED) is 0.496. The summed E-state index contributed by atoms with van der Waals surface area (Å²) >= 11 is 0. The van der Waals surface area contributed by atoms with Crippen LogP contribution in [0.1, 0.15) is 13.3 Å². The van der Waals surface area contributed by atoms with Crippen molar-refractivity contribution in [1.82, 2.24) is 5.43 Å². The fraction of sp³-hybridized carbons (Fsp3) is 0.333. The summed E-state index contributed by atoms with van der Waals surface area (Å²) in [6.07, 6.45) is -0.349. The third-order valence-corrected chi connectivity index (χ3v) is 2.11. The predicted octanol–water partition coefficient (Wildman–Crippen LogP) is 1.01. The summed E-state index contributed by atoms with van der Waals surface area (Å²) in [5, 5.41) is 8.72. The number of carboxylic acid groups (broad SMARTS) is 1. The number of carbonyl (C=O) groups is 2. The number of hydrogen-bond acceptors (Lipinski definition) is 5. The van der Waals surface area contributed by atoms with E-state index in [0.29, 0.717) is 0 Å². The summed E-state index contributed by atoms with van der Waals surface area (Å²) < 4.78 is 4.79. The number of nitrogens with one attached hydrogen (secondary N) is 2. The number of carbonyl (C=O) groups excluding carboxylic acids is 1. The molecule has 0 amide bonds. The van der Waals surface area contributed by atoms with E-state index in [0.717, 1.165) is 5.69 Å². The van der Waals surface area contributed by atoms with Crippen molar-refractivity contribution in [2.45, 2.75) is 19.4 Å². The first kappa shape index (κ1) is 14.0. The molecule has 1 rings (SSSR count). The van der Waals surface area contributed by atoms with Crippen LogP contribution in [0.15, 0.2) is 30.3 Å². The summed E-state index contributed by atoms with van der Waals surface area (Å²) in [4.78, 5) is 22.2. The van der Waals surface area contributed by atoms with Crippen molar-refractivity contribution in [2.75, 3.05) is 12.0 Å². The molecule has 0 unspecified atom stereocenters. The van der Waals surface area contributed by atoms with Gasteiger partial charge in [0, 0.05) is 5.69 Å². The molecule has 0 spiro atoms. The average molecular weight is 252 g/mol. The maximum absolute atomic E-state index is 11.5. The smallest absolute Gasteiger partial charge is 0.325 e. The minimum atomic E-state index is -1.07. The Labute approximate surface area is 105 Å². The molecule has 18 heavy (non-hydrogen) atoms. The van der Waals surface area contributed by atoms with Gasteiger partial charge in [-0.2, -0.15) is 0 Å². The number of carboxylic acids is 1. The molecule has 1 aromatic carbocycles. The van der Waals surface area contributed by atoms with Crippen LogP contribution in [0, 0.1) is 0 Å². The number of para-hydroxylation sites is 1. The van der Waals surface area contributed by atoms with Gasteiger partial charge in [-0.25, -0.2) is 5.43 Å². The second-order valence-corrected chi connectivity index (χ2v) is 3.54. The molecule has 0 saturated heterocycles. The molecule has 0 aliphatic heterocycles. The van der Waals surface area contributed by atoms with Crippen LogP contribution in [0.3, 0.4) is 0 Å². The van der Waals surface area contributed by atoms with E-state index >= 15 is 0 Å². The van der Waals surface area contributed by atoms with Gasteiger partial charge in [-0.05, 0) is 19.1 Å². The lowest BCUT2D eigenvalue weighted by atomic mass is 10.2. The third kappa shape index (κ3) is 4.84. The second-order valence-electron chi connectivity index (χ2n) is 3.54. The monoisotopic (exact) mass is 252 g/mol. The lowest BCUT2D eigenvalue weighted by molar-refractivity contribution is -0.149. The molecule has 3 N–H and O–H groups in total. The van der Waals surface area contributed by atoms with Crippen molar-refractivity contribution in [1.29, 1.82) is 0 Å². The normalized spacial score (nSPS) is 11.6. The average Bonchev–Trinajstić information content (AvgIpc) is 2.35. The van der Waals surface area contributed by atoms with Gasteiger partial charge in [0.2, 0.25) is 0 Å². The standard InChI is InChI=1S/C12H16N2O4/c1-2-18-12(17)10(8-11(15)16)14-13-9-6-4-3-5-7-9/h3-7,10,13-14H,2,8H2,1H3,(H,15,16)/t10-/m0/s1. The van der Waals surface area contributed by atoms with Gasteiger partial charge in [-0.15, -0.1) is 0 Å².